The maximum atomic E-state index is 11.5. The van der Waals surface area contributed by atoms with Gasteiger partial charge in [-0.15, -0.1) is 5.10 Å². The number of carbonyl (C=O) groups is 1. The fraction of sp³-hybridized carbons (Fsp3) is 0.100. The predicted molar refractivity (Wildman–Crippen MR) is 56.5 cm³/mol. The Hall–Kier alpha value is -2.37. The molecule has 82 valence electrons. The lowest BCUT2D eigenvalue weighted by atomic mass is 10.4. The third-order valence-corrected chi connectivity index (χ3v) is 1.97. The molecular formula is C10H10N4O2. The first kappa shape index (κ1) is 10.2. The van der Waals surface area contributed by atoms with Gasteiger partial charge in [0, 0.05) is 6.20 Å². The van der Waals surface area contributed by atoms with Crippen molar-refractivity contribution in [3.05, 3.63) is 42.0 Å². The van der Waals surface area contributed by atoms with Crippen molar-refractivity contribution in [2.45, 2.75) is 6.92 Å². The fourth-order valence-electron chi connectivity index (χ4n) is 1.11. The smallest absolute Gasteiger partial charge is 0.383 e. The second-order valence-corrected chi connectivity index (χ2v) is 3.17. The number of nitrogens with two attached hydrogens (primary N) is 1. The van der Waals surface area contributed by atoms with E-state index in [-0.39, 0.29) is 5.69 Å². The molecule has 6 heteroatoms. The zero-order valence-corrected chi connectivity index (χ0v) is 8.62. The van der Waals surface area contributed by atoms with Crippen molar-refractivity contribution in [3.63, 3.8) is 0 Å². The van der Waals surface area contributed by atoms with Gasteiger partial charge in [-0.3, -0.25) is 0 Å². The highest BCUT2D eigenvalue weighted by Crippen LogP contribution is 2.05. The van der Waals surface area contributed by atoms with Gasteiger partial charge in [0.15, 0.2) is 5.69 Å². The maximum Gasteiger partial charge on any atom is 0.383 e. The SMILES string of the molecule is Cc1nn(OC(=O)c2ccccn2)cc1N. The van der Waals surface area contributed by atoms with Gasteiger partial charge in [-0.1, -0.05) is 10.9 Å². The highest BCUT2D eigenvalue weighted by Gasteiger charge is 2.10. The number of rotatable bonds is 2. The molecule has 0 aliphatic heterocycles. The molecule has 2 aromatic rings. The summed E-state index contributed by atoms with van der Waals surface area (Å²) in [5.74, 6) is -0.580. The number of nitrogens with zero attached hydrogens (tertiary/aromatic N) is 3. The van der Waals surface area contributed by atoms with Crippen LogP contribution in [0.1, 0.15) is 16.2 Å². The molecule has 0 aliphatic carbocycles. The molecule has 16 heavy (non-hydrogen) atoms. The van der Waals surface area contributed by atoms with Gasteiger partial charge in [0.25, 0.3) is 0 Å². The Balaban J connectivity index is 2.14. The fourth-order valence-corrected chi connectivity index (χ4v) is 1.11. The van der Waals surface area contributed by atoms with Gasteiger partial charge < -0.3 is 10.6 Å². The average molecular weight is 218 g/mol. The van der Waals surface area contributed by atoms with Crippen molar-refractivity contribution in [2.75, 3.05) is 5.73 Å². The molecule has 0 radical (unpaired) electrons. The molecule has 2 aromatic heterocycles. The molecule has 0 saturated carbocycles. The van der Waals surface area contributed by atoms with Crippen LogP contribution in [0.2, 0.25) is 0 Å². The highest BCUT2D eigenvalue weighted by atomic mass is 16.7. The molecule has 0 aliphatic rings. The summed E-state index contributed by atoms with van der Waals surface area (Å²) >= 11 is 0. The molecule has 6 nitrogen and oxygen atoms in total. The number of carbonyl (C=O) groups excluding carboxylic acids is 1. The number of anilines is 1. The van der Waals surface area contributed by atoms with Crippen LogP contribution in [0.3, 0.4) is 0 Å². The lowest BCUT2D eigenvalue weighted by Crippen LogP contribution is -2.21. The Morgan fingerprint density at radius 2 is 2.31 bits per heavy atom. The molecule has 0 unspecified atom stereocenters. The van der Waals surface area contributed by atoms with E-state index in [1.165, 1.54) is 12.4 Å². The topological polar surface area (TPSA) is 83.0 Å². The summed E-state index contributed by atoms with van der Waals surface area (Å²) in [6, 6.07) is 4.97. The van der Waals surface area contributed by atoms with E-state index in [2.05, 4.69) is 10.1 Å². The summed E-state index contributed by atoms with van der Waals surface area (Å²) in [6.45, 7) is 1.72. The maximum absolute atomic E-state index is 11.5. The van der Waals surface area contributed by atoms with Gasteiger partial charge in [0.2, 0.25) is 0 Å². The van der Waals surface area contributed by atoms with E-state index in [9.17, 15) is 4.79 Å². The Morgan fingerprint density at radius 1 is 1.50 bits per heavy atom. The number of nitrogen functional groups attached to an aromatic ring is 1. The van der Waals surface area contributed by atoms with Crippen molar-refractivity contribution in [1.82, 2.24) is 14.9 Å². The minimum Gasteiger partial charge on any atom is -0.396 e. The van der Waals surface area contributed by atoms with Gasteiger partial charge in [0.05, 0.1) is 17.6 Å². The first-order valence-electron chi connectivity index (χ1n) is 4.62. The van der Waals surface area contributed by atoms with Crippen LogP contribution in [-0.2, 0) is 0 Å². The molecule has 0 bridgehead atoms. The van der Waals surface area contributed by atoms with Crippen LogP contribution < -0.4 is 10.6 Å². The van der Waals surface area contributed by atoms with Gasteiger partial charge in [-0.05, 0) is 19.1 Å². The van der Waals surface area contributed by atoms with E-state index in [0.29, 0.717) is 11.4 Å². The van der Waals surface area contributed by atoms with Gasteiger partial charge in [0.1, 0.15) is 0 Å². The zero-order chi connectivity index (χ0) is 11.5. The number of hydrogen-bond acceptors (Lipinski definition) is 5. The summed E-state index contributed by atoms with van der Waals surface area (Å²) in [6.07, 6.45) is 2.94. The van der Waals surface area contributed by atoms with E-state index < -0.39 is 5.97 Å². The van der Waals surface area contributed by atoms with Crippen LogP contribution in [0, 0.1) is 6.92 Å². The van der Waals surface area contributed by atoms with Crippen LogP contribution in [0.5, 0.6) is 0 Å². The number of aromatic nitrogens is 3. The second kappa shape index (κ2) is 4.01. The first-order valence-corrected chi connectivity index (χ1v) is 4.62. The standard InChI is InChI=1S/C10H10N4O2/c1-7-8(11)6-14(13-7)16-10(15)9-4-2-3-5-12-9/h2-6H,11H2,1H3. The monoisotopic (exact) mass is 218 g/mol. The minimum absolute atomic E-state index is 0.217. The lowest BCUT2D eigenvalue weighted by Gasteiger charge is -2.00. The van der Waals surface area contributed by atoms with E-state index >= 15 is 0 Å². The van der Waals surface area contributed by atoms with Crippen LogP contribution in [-0.4, -0.2) is 20.9 Å². The lowest BCUT2D eigenvalue weighted by molar-refractivity contribution is 0.0387. The first-order chi connectivity index (χ1) is 7.66. The molecule has 0 amide bonds. The summed E-state index contributed by atoms with van der Waals surface area (Å²) in [7, 11) is 0. The van der Waals surface area contributed by atoms with Crippen LogP contribution >= 0.6 is 0 Å². The van der Waals surface area contributed by atoms with E-state index in [1.54, 1.807) is 25.1 Å². The van der Waals surface area contributed by atoms with Gasteiger partial charge in [-0.2, -0.15) is 0 Å². The van der Waals surface area contributed by atoms with Gasteiger partial charge in [-0.25, -0.2) is 9.78 Å². The third-order valence-electron chi connectivity index (χ3n) is 1.97. The van der Waals surface area contributed by atoms with Crippen LogP contribution in [0.4, 0.5) is 5.69 Å². The zero-order valence-electron chi connectivity index (χ0n) is 8.62. The molecule has 2 rings (SSSR count). The molecule has 0 saturated heterocycles. The Morgan fingerprint density at radius 3 is 2.88 bits per heavy atom. The van der Waals surface area contributed by atoms with Crippen LogP contribution in [0.15, 0.2) is 30.6 Å². The predicted octanol–water partition coefficient (Wildman–Crippen LogP) is 0.438. The largest absolute Gasteiger partial charge is 0.396 e. The van der Waals surface area contributed by atoms with Crippen LogP contribution in [0.25, 0.3) is 0 Å². The molecule has 0 fully saturated rings. The molecule has 2 N–H and O–H groups in total. The molecule has 0 spiro atoms. The number of aryl methyl sites for hydroxylation is 1. The Labute approximate surface area is 91.6 Å². The quantitative estimate of drug-likeness (QED) is 0.790. The van der Waals surface area contributed by atoms with Crippen molar-refractivity contribution in [3.8, 4) is 0 Å². The van der Waals surface area contributed by atoms with Crippen molar-refractivity contribution in [2.24, 2.45) is 0 Å². The van der Waals surface area contributed by atoms with Gasteiger partial charge >= 0.3 is 5.97 Å². The summed E-state index contributed by atoms with van der Waals surface area (Å²) in [4.78, 5) is 21.4. The van der Waals surface area contributed by atoms with Crippen molar-refractivity contribution < 1.29 is 9.63 Å². The van der Waals surface area contributed by atoms with E-state index in [1.807, 2.05) is 0 Å². The van der Waals surface area contributed by atoms with E-state index in [4.69, 9.17) is 10.6 Å². The summed E-state index contributed by atoms with van der Waals surface area (Å²) < 4.78 is 0. The summed E-state index contributed by atoms with van der Waals surface area (Å²) in [5, 5.41) is 3.90. The number of pyridine rings is 1. The minimum atomic E-state index is -0.580. The second-order valence-electron chi connectivity index (χ2n) is 3.17. The Kier molecular flexibility index (Phi) is 2.55. The van der Waals surface area contributed by atoms with Crippen molar-refractivity contribution in [1.29, 1.82) is 0 Å². The van der Waals surface area contributed by atoms with Crippen molar-refractivity contribution >= 4 is 11.7 Å². The van der Waals surface area contributed by atoms with E-state index in [0.717, 1.165) is 4.85 Å². The highest BCUT2D eigenvalue weighted by molar-refractivity contribution is 5.87. The molecule has 0 atom stereocenters. The third kappa shape index (κ3) is 2.00. The number of hydrogen-bond donors (Lipinski definition) is 1. The normalized spacial score (nSPS) is 10.1. The molecular weight excluding hydrogens is 208 g/mol. The Bertz CT molecular complexity index is 487. The molecule has 0 aromatic carbocycles. The average Bonchev–Trinajstić information content (AvgIpc) is 2.59. The summed E-state index contributed by atoms with van der Waals surface area (Å²) in [5.41, 5.74) is 6.85. The molecule has 2 heterocycles.